The number of hydrogen-bond acceptors (Lipinski definition) is 5. The van der Waals surface area contributed by atoms with Crippen LogP contribution in [0.4, 0.5) is 22.0 Å². The van der Waals surface area contributed by atoms with E-state index in [2.05, 4.69) is 20.6 Å². The van der Waals surface area contributed by atoms with Gasteiger partial charge in [0, 0.05) is 5.02 Å². The summed E-state index contributed by atoms with van der Waals surface area (Å²) in [5.41, 5.74) is 6.64. The van der Waals surface area contributed by atoms with Gasteiger partial charge in [0.2, 0.25) is 0 Å². The number of hydrogen-bond donors (Lipinski definition) is 3. The Labute approximate surface area is 119 Å². The second kappa shape index (κ2) is 5.86. The lowest BCUT2D eigenvalue weighted by molar-refractivity contribution is 0.262. The topological polar surface area (TPSA) is 117 Å². The highest BCUT2D eigenvalue weighted by atomic mass is 35.5. The van der Waals surface area contributed by atoms with Crippen molar-refractivity contribution in [1.29, 1.82) is 5.26 Å². The maximum absolute atomic E-state index is 11.7. The van der Waals surface area contributed by atoms with Crippen LogP contribution >= 0.6 is 11.6 Å². The molecule has 100 valence electrons. The van der Waals surface area contributed by atoms with Gasteiger partial charge in [0.25, 0.3) is 0 Å². The summed E-state index contributed by atoms with van der Waals surface area (Å²) in [6.07, 6.45) is 2.53. The highest BCUT2D eigenvalue weighted by Gasteiger charge is 2.07. The molecule has 0 saturated heterocycles. The summed E-state index contributed by atoms with van der Waals surface area (Å²) in [6, 6.07) is 6.01. The molecule has 0 fully saturated rings. The number of carbonyl (C=O) groups is 1. The van der Waals surface area contributed by atoms with Gasteiger partial charge in [0.15, 0.2) is 11.5 Å². The number of carbonyl (C=O) groups excluding carboxylic acids is 1. The van der Waals surface area contributed by atoms with Gasteiger partial charge in [-0.15, -0.1) is 0 Å². The van der Waals surface area contributed by atoms with Gasteiger partial charge in [-0.2, -0.15) is 5.26 Å². The average molecular weight is 289 g/mol. The third-order valence-electron chi connectivity index (χ3n) is 2.27. The Morgan fingerprint density at radius 2 is 2.10 bits per heavy atom. The van der Waals surface area contributed by atoms with Gasteiger partial charge < -0.3 is 11.1 Å². The maximum Gasteiger partial charge on any atom is 0.324 e. The van der Waals surface area contributed by atoms with Gasteiger partial charge in [0.1, 0.15) is 6.07 Å². The van der Waals surface area contributed by atoms with Crippen molar-refractivity contribution >= 4 is 34.8 Å². The molecule has 7 nitrogen and oxygen atoms in total. The second-order valence-electron chi connectivity index (χ2n) is 3.71. The summed E-state index contributed by atoms with van der Waals surface area (Å²) in [6.45, 7) is 0. The average Bonchev–Trinajstić information content (AvgIpc) is 2.43. The van der Waals surface area contributed by atoms with Crippen molar-refractivity contribution in [3.63, 3.8) is 0 Å². The Kier molecular flexibility index (Phi) is 3.98. The van der Waals surface area contributed by atoms with E-state index in [1.807, 2.05) is 6.07 Å². The number of rotatable bonds is 2. The highest BCUT2D eigenvalue weighted by Crippen LogP contribution is 2.22. The van der Waals surface area contributed by atoms with E-state index in [4.69, 9.17) is 22.6 Å². The monoisotopic (exact) mass is 288 g/mol. The zero-order chi connectivity index (χ0) is 14.5. The fraction of sp³-hybridized carbons (Fsp3) is 0. The molecule has 20 heavy (non-hydrogen) atoms. The third-order valence-corrected chi connectivity index (χ3v) is 2.51. The summed E-state index contributed by atoms with van der Waals surface area (Å²) in [4.78, 5) is 19.4. The van der Waals surface area contributed by atoms with Crippen LogP contribution in [0.15, 0.2) is 30.6 Å². The standard InChI is InChI=1S/C12H9ClN6O/c13-7-1-2-9(15)10(3-7)18-12(20)19-11-6-16-8(4-14)5-17-11/h1-3,5-6H,15H2,(H2,17,18,19,20). The summed E-state index contributed by atoms with van der Waals surface area (Å²) >= 11 is 5.81. The fourth-order valence-corrected chi connectivity index (χ4v) is 1.53. The van der Waals surface area contributed by atoms with Crippen molar-refractivity contribution in [2.45, 2.75) is 0 Å². The number of nitrogen functional groups attached to an aromatic ring is 1. The molecule has 0 aliphatic rings. The van der Waals surface area contributed by atoms with E-state index in [1.165, 1.54) is 18.5 Å². The minimum absolute atomic E-state index is 0.162. The molecule has 0 bridgehead atoms. The number of nitrogens with two attached hydrogens (primary N) is 1. The van der Waals surface area contributed by atoms with Crippen molar-refractivity contribution in [3.05, 3.63) is 41.3 Å². The quantitative estimate of drug-likeness (QED) is 0.733. The number of nitrogens with one attached hydrogen (secondary N) is 2. The third kappa shape index (κ3) is 3.34. The molecule has 2 rings (SSSR count). The lowest BCUT2D eigenvalue weighted by Crippen LogP contribution is -2.21. The lowest BCUT2D eigenvalue weighted by Gasteiger charge is -2.09. The number of anilines is 3. The van der Waals surface area contributed by atoms with Crippen molar-refractivity contribution in [3.8, 4) is 6.07 Å². The molecule has 0 aliphatic heterocycles. The molecule has 0 radical (unpaired) electrons. The second-order valence-corrected chi connectivity index (χ2v) is 4.15. The van der Waals surface area contributed by atoms with E-state index in [-0.39, 0.29) is 11.5 Å². The van der Waals surface area contributed by atoms with Crippen LogP contribution in [-0.2, 0) is 0 Å². The molecule has 0 saturated carbocycles. The van der Waals surface area contributed by atoms with Crippen molar-refractivity contribution < 1.29 is 4.79 Å². The summed E-state index contributed by atoms with van der Waals surface area (Å²) in [5.74, 6) is 0.210. The predicted molar refractivity (Wildman–Crippen MR) is 75.3 cm³/mol. The predicted octanol–water partition coefficient (Wildman–Crippen LogP) is 2.23. The molecule has 8 heteroatoms. The number of nitriles is 1. The molecule has 2 aromatic rings. The largest absolute Gasteiger partial charge is 0.397 e. The van der Waals surface area contributed by atoms with Crippen LogP contribution in [0.25, 0.3) is 0 Å². The van der Waals surface area contributed by atoms with Crippen molar-refractivity contribution in [2.75, 3.05) is 16.4 Å². The number of aromatic nitrogens is 2. The molecular weight excluding hydrogens is 280 g/mol. The molecule has 0 atom stereocenters. The SMILES string of the molecule is N#Cc1cnc(NC(=O)Nc2cc(Cl)ccc2N)cn1. The lowest BCUT2D eigenvalue weighted by atomic mass is 10.3. The molecule has 0 unspecified atom stereocenters. The molecule has 4 N–H and O–H groups in total. The Balaban J connectivity index is 2.05. The molecule has 2 amide bonds. The first-order valence-electron chi connectivity index (χ1n) is 5.43. The highest BCUT2D eigenvalue weighted by molar-refractivity contribution is 6.31. The van der Waals surface area contributed by atoms with Gasteiger partial charge in [-0.3, -0.25) is 5.32 Å². The van der Waals surface area contributed by atoms with E-state index in [1.54, 1.807) is 12.1 Å². The molecule has 1 aromatic carbocycles. The van der Waals surface area contributed by atoms with E-state index in [0.717, 1.165) is 0 Å². The van der Waals surface area contributed by atoms with Crippen LogP contribution in [0, 0.1) is 11.3 Å². The number of halogens is 1. The van der Waals surface area contributed by atoms with Crippen LogP contribution in [-0.4, -0.2) is 16.0 Å². The maximum atomic E-state index is 11.7. The van der Waals surface area contributed by atoms with E-state index in [9.17, 15) is 4.79 Å². The minimum atomic E-state index is -0.544. The number of benzene rings is 1. The summed E-state index contributed by atoms with van der Waals surface area (Å²) in [7, 11) is 0. The summed E-state index contributed by atoms with van der Waals surface area (Å²) < 4.78 is 0. The normalized spacial score (nSPS) is 9.60. The number of urea groups is 1. The zero-order valence-corrected chi connectivity index (χ0v) is 10.8. The van der Waals surface area contributed by atoms with Gasteiger partial charge in [-0.1, -0.05) is 11.6 Å². The number of amides is 2. The summed E-state index contributed by atoms with van der Waals surface area (Å²) in [5, 5.41) is 14.0. The van der Waals surface area contributed by atoms with Gasteiger partial charge in [-0.05, 0) is 18.2 Å². The molecular formula is C12H9ClN6O. The fourth-order valence-electron chi connectivity index (χ4n) is 1.36. The van der Waals surface area contributed by atoms with Crippen LogP contribution in [0.1, 0.15) is 5.69 Å². The van der Waals surface area contributed by atoms with E-state index >= 15 is 0 Å². The molecule has 0 spiro atoms. The first-order valence-corrected chi connectivity index (χ1v) is 5.81. The Morgan fingerprint density at radius 1 is 1.30 bits per heavy atom. The van der Waals surface area contributed by atoms with Gasteiger partial charge >= 0.3 is 6.03 Å². The van der Waals surface area contributed by atoms with E-state index in [0.29, 0.717) is 16.4 Å². The van der Waals surface area contributed by atoms with Crippen LogP contribution < -0.4 is 16.4 Å². The van der Waals surface area contributed by atoms with Crippen LogP contribution in [0.2, 0.25) is 5.02 Å². The molecule has 1 heterocycles. The smallest absolute Gasteiger partial charge is 0.324 e. The van der Waals surface area contributed by atoms with Gasteiger partial charge in [-0.25, -0.2) is 14.8 Å². The zero-order valence-electron chi connectivity index (χ0n) is 10.1. The molecule has 0 aliphatic carbocycles. The van der Waals surface area contributed by atoms with Crippen LogP contribution in [0.5, 0.6) is 0 Å². The minimum Gasteiger partial charge on any atom is -0.397 e. The number of nitrogens with zero attached hydrogens (tertiary/aromatic N) is 3. The first-order chi connectivity index (χ1) is 9.58. The Hall–Kier alpha value is -2.85. The Bertz CT molecular complexity index is 679. The van der Waals surface area contributed by atoms with E-state index < -0.39 is 6.03 Å². The Morgan fingerprint density at radius 3 is 2.75 bits per heavy atom. The van der Waals surface area contributed by atoms with Crippen LogP contribution in [0.3, 0.4) is 0 Å². The van der Waals surface area contributed by atoms with Crippen molar-refractivity contribution in [1.82, 2.24) is 9.97 Å². The molecule has 1 aromatic heterocycles. The van der Waals surface area contributed by atoms with Gasteiger partial charge in [0.05, 0.1) is 23.8 Å². The first kappa shape index (κ1) is 13.6. The van der Waals surface area contributed by atoms with Crippen molar-refractivity contribution in [2.24, 2.45) is 0 Å².